The highest BCUT2D eigenvalue weighted by Gasteiger charge is 2.37. The van der Waals surface area contributed by atoms with Gasteiger partial charge in [-0.15, -0.1) is 0 Å². The summed E-state index contributed by atoms with van der Waals surface area (Å²) in [4.78, 5) is 0. The van der Waals surface area contributed by atoms with E-state index in [2.05, 4.69) is 29.3 Å². The van der Waals surface area contributed by atoms with Gasteiger partial charge >= 0.3 is 0 Å². The van der Waals surface area contributed by atoms with Crippen molar-refractivity contribution in [3.05, 3.63) is 11.4 Å². The Labute approximate surface area is 97.0 Å². The zero-order chi connectivity index (χ0) is 11.6. The van der Waals surface area contributed by atoms with Gasteiger partial charge in [-0.1, -0.05) is 33.1 Å². The summed E-state index contributed by atoms with van der Waals surface area (Å²) in [6.07, 6.45) is 6.19. The molecule has 0 aromatic carbocycles. The van der Waals surface area contributed by atoms with E-state index in [1.165, 1.54) is 19.3 Å². The molecule has 0 spiro atoms. The lowest BCUT2D eigenvalue weighted by Gasteiger charge is -2.35. The summed E-state index contributed by atoms with van der Waals surface area (Å²) in [6.45, 7) is 5.02. The molecule has 1 heterocycles. The van der Waals surface area contributed by atoms with Gasteiger partial charge in [-0.2, -0.15) is 15.4 Å². The molecule has 1 aliphatic carbocycles. The Kier molecular flexibility index (Phi) is 3.28. The maximum Gasteiger partial charge on any atom is 0.0933 e. The highest BCUT2D eigenvalue weighted by Crippen LogP contribution is 2.39. The molecule has 0 unspecified atom stereocenters. The molecule has 0 radical (unpaired) electrons. The first-order valence-corrected chi connectivity index (χ1v) is 6.31. The molecule has 1 aliphatic rings. The molecule has 0 saturated heterocycles. The Morgan fingerprint density at radius 3 is 2.50 bits per heavy atom. The average Bonchev–Trinajstić information content (AvgIpc) is 2.79. The van der Waals surface area contributed by atoms with Gasteiger partial charge in [-0.05, 0) is 18.8 Å². The van der Waals surface area contributed by atoms with Gasteiger partial charge in [0.15, 0.2) is 0 Å². The van der Waals surface area contributed by atoms with Crippen LogP contribution in [-0.2, 0) is 5.41 Å². The van der Waals surface area contributed by atoms with Crippen molar-refractivity contribution in [3.63, 3.8) is 0 Å². The Morgan fingerprint density at radius 2 is 1.94 bits per heavy atom. The molecule has 4 heteroatoms. The number of nitrogens with zero attached hydrogens (tertiary/aromatic N) is 2. The largest absolute Gasteiger partial charge is 0.330 e. The van der Waals surface area contributed by atoms with Gasteiger partial charge < -0.3 is 5.73 Å². The maximum atomic E-state index is 6.02. The van der Waals surface area contributed by atoms with Crippen LogP contribution in [0.3, 0.4) is 0 Å². The normalized spacial score (nSPS) is 20.2. The average molecular weight is 222 g/mol. The summed E-state index contributed by atoms with van der Waals surface area (Å²) in [5.74, 6) is 0.416. The summed E-state index contributed by atoms with van der Waals surface area (Å²) >= 11 is 0. The second-order valence-electron chi connectivity index (χ2n) is 5.26. The van der Waals surface area contributed by atoms with Crippen molar-refractivity contribution < 1.29 is 0 Å². The van der Waals surface area contributed by atoms with Crippen LogP contribution in [0.25, 0.3) is 0 Å². The quantitative estimate of drug-likeness (QED) is 0.823. The van der Waals surface area contributed by atoms with Crippen LogP contribution < -0.4 is 5.73 Å². The topological polar surface area (TPSA) is 67.6 Å². The minimum atomic E-state index is 0.0881. The van der Waals surface area contributed by atoms with E-state index in [9.17, 15) is 0 Å². The lowest BCUT2D eigenvalue weighted by Crippen LogP contribution is -2.38. The van der Waals surface area contributed by atoms with Gasteiger partial charge in [-0.25, -0.2) is 0 Å². The molecule has 3 N–H and O–H groups in total. The molecular formula is C12H22N4. The fourth-order valence-electron chi connectivity index (χ4n) is 2.80. The molecule has 0 bridgehead atoms. The van der Waals surface area contributed by atoms with Crippen molar-refractivity contribution in [2.45, 2.75) is 57.3 Å². The molecule has 0 atom stereocenters. The van der Waals surface area contributed by atoms with E-state index in [1.807, 2.05) is 0 Å². The molecule has 1 fully saturated rings. The Hall–Kier alpha value is -0.900. The van der Waals surface area contributed by atoms with Crippen LogP contribution in [0.15, 0.2) is 0 Å². The zero-order valence-electron chi connectivity index (χ0n) is 10.3. The first kappa shape index (κ1) is 11.6. The minimum Gasteiger partial charge on any atom is -0.330 e. The van der Waals surface area contributed by atoms with Crippen molar-refractivity contribution in [2.75, 3.05) is 6.54 Å². The number of H-pyrrole nitrogens is 1. The predicted molar refractivity (Wildman–Crippen MR) is 64.3 cm³/mol. The number of hydrogen-bond donors (Lipinski definition) is 2. The van der Waals surface area contributed by atoms with E-state index < -0.39 is 0 Å². The van der Waals surface area contributed by atoms with Crippen LogP contribution in [-0.4, -0.2) is 22.0 Å². The first-order chi connectivity index (χ1) is 7.69. The molecule has 16 heavy (non-hydrogen) atoms. The van der Waals surface area contributed by atoms with E-state index in [4.69, 9.17) is 5.73 Å². The molecule has 4 nitrogen and oxygen atoms in total. The number of rotatable bonds is 3. The third kappa shape index (κ3) is 1.86. The Morgan fingerprint density at radius 1 is 1.25 bits per heavy atom. The van der Waals surface area contributed by atoms with Crippen molar-refractivity contribution >= 4 is 0 Å². The highest BCUT2D eigenvalue weighted by molar-refractivity contribution is 5.24. The molecule has 90 valence electrons. The molecular weight excluding hydrogens is 200 g/mol. The molecule has 2 rings (SSSR count). The summed E-state index contributed by atoms with van der Waals surface area (Å²) in [5, 5.41) is 11.5. The highest BCUT2D eigenvalue weighted by atomic mass is 15.3. The molecule has 0 amide bonds. The summed E-state index contributed by atoms with van der Waals surface area (Å²) in [5.41, 5.74) is 8.34. The SMILES string of the molecule is CC(C)c1n[nH]nc1C1(CN)CCCCC1. The molecule has 1 saturated carbocycles. The van der Waals surface area contributed by atoms with E-state index in [0.717, 1.165) is 24.2 Å². The van der Waals surface area contributed by atoms with Gasteiger partial charge in [0.05, 0.1) is 11.4 Å². The summed E-state index contributed by atoms with van der Waals surface area (Å²) < 4.78 is 0. The lowest BCUT2D eigenvalue weighted by atomic mass is 9.70. The predicted octanol–water partition coefficient (Wildman–Crippen LogP) is 2.09. The van der Waals surface area contributed by atoms with Crippen LogP contribution in [0.5, 0.6) is 0 Å². The molecule has 1 aromatic rings. The molecule has 1 aromatic heterocycles. The van der Waals surface area contributed by atoms with Crippen LogP contribution in [0.1, 0.15) is 63.3 Å². The number of nitrogens with one attached hydrogen (secondary N) is 1. The third-order valence-corrected chi connectivity index (χ3v) is 3.83. The van der Waals surface area contributed by atoms with Gasteiger partial charge in [-0.3, -0.25) is 0 Å². The Bertz CT molecular complexity index is 337. The van der Waals surface area contributed by atoms with E-state index in [0.29, 0.717) is 12.5 Å². The fraction of sp³-hybridized carbons (Fsp3) is 0.833. The van der Waals surface area contributed by atoms with Crippen molar-refractivity contribution in [3.8, 4) is 0 Å². The van der Waals surface area contributed by atoms with Crippen LogP contribution in [0, 0.1) is 0 Å². The molecule has 0 aliphatic heterocycles. The monoisotopic (exact) mass is 222 g/mol. The van der Waals surface area contributed by atoms with E-state index in [-0.39, 0.29) is 5.41 Å². The van der Waals surface area contributed by atoms with E-state index in [1.54, 1.807) is 0 Å². The van der Waals surface area contributed by atoms with Crippen LogP contribution in [0.2, 0.25) is 0 Å². The number of nitrogens with two attached hydrogens (primary N) is 1. The van der Waals surface area contributed by atoms with Gasteiger partial charge in [0.25, 0.3) is 0 Å². The number of aromatic nitrogens is 3. The number of hydrogen-bond acceptors (Lipinski definition) is 3. The van der Waals surface area contributed by atoms with Crippen molar-refractivity contribution in [1.82, 2.24) is 15.4 Å². The summed E-state index contributed by atoms with van der Waals surface area (Å²) in [7, 11) is 0. The van der Waals surface area contributed by atoms with E-state index >= 15 is 0 Å². The smallest absolute Gasteiger partial charge is 0.0933 e. The van der Waals surface area contributed by atoms with Crippen molar-refractivity contribution in [2.24, 2.45) is 5.73 Å². The van der Waals surface area contributed by atoms with Crippen LogP contribution in [0.4, 0.5) is 0 Å². The maximum absolute atomic E-state index is 6.02. The third-order valence-electron chi connectivity index (χ3n) is 3.83. The van der Waals surface area contributed by atoms with Gasteiger partial charge in [0, 0.05) is 12.0 Å². The Balaban J connectivity index is 2.35. The zero-order valence-corrected chi connectivity index (χ0v) is 10.3. The standard InChI is InChI=1S/C12H22N4/c1-9(2)10-11(15-16-14-10)12(8-13)6-4-3-5-7-12/h9H,3-8,13H2,1-2H3,(H,14,15,16). The first-order valence-electron chi connectivity index (χ1n) is 6.31. The second-order valence-corrected chi connectivity index (χ2v) is 5.26. The second kappa shape index (κ2) is 4.53. The lowest BCUT2D eigenvalue weighted by molar-refractivity contribution is 0.291. The summed E-state index contributed by atoms with van der Waals surface area (Å²) in [6, 6.07) is 0. The van der Waals surface area contributed by atoms with Gasteiger partial charge in [0.1, 0.15) is 0 Å². The number of aromatic amines is 1. The fourth-order valence-corrected chi connectivity index (χ4v) is 2.80. The minimum absolute atomic E-state index is 0.0881. The van der Waals surface area contributed by atoms with Crippen LogP contribution >= 0.6 is 0 Å². The van der Waals surface area contributed by atoms with Gasteiger partial charge in [0.2, 0.25) is 0 Å². The van der Waals surface area contributed by atoms with Crippen molar-refractivity contribution in [1.29, 1.82) is 0 Å².